The second kappa shape index (κ2) is 9.87. The number of imidazole rings is 1. The molecule has 10 nitrogen and oxygen atoms in total. The first-order valence-electron chi connectivity index (χ1n) is 13.7. The Hall–Kier alpha value is -4.79. The Kier molecular flexibility index (Phi) is 6.28. The largest absolute Gasteiger partial charge is 0.431 e. The van der Waals surface area contributed by atoms with Crippen molar-refractivity contribution in [3.8, 4) is 0 Å². The van der Waals surface area contributed by atoms with E-state index in [1.54, 1.807) is 34.9 Å². The summed E-state index contributed by atoms with van der Waals surface area (Å²) in [5, 5.41) is 2.32. The van der Waals surface area contributed by atoms with Crippen molar-refractivity contribution in [1.29, 1.82) is 0 Å². The molecule has 1 aromatic carbocycles. The van der Waals surface area contributed by atoms with Gasteiger partial charge in [-0.1, -0.05) is 18.2 Å². The molecule has 228 valence electrons. The molecule has 0 unspecified atom stereocenters. The molecule has 0 radical (unpaired) electrons. The van der Waals surface area contributed by atoms with Crippen LogP contribution < -0.4 is 5.32 Å². The number of hydrogen-bond acceptors (Lipinski definition) is 5. The molecule has 4 amide bonds. The summed E-state index contributed by atoms with van der Waals surface area (Å²) in [6, 6.07) is 8.25. The van der Waals surface area contributed by atoms with Crippen LogP contribution in [0, 0.1) is 0 Å². The Labute approximate surface area is 245 Å². The molecule has 0 aliphatic carbocycles. The van der Waals surface area contributed by atoms with Gasteiger partial charge in [-0.25, -0.2) is 18.6 Å². The number of hydrogen-bond donors (Lipinski definition) is 1. The lowest BCUT2D eigenvalue weighted by molar-refractivity contribution is -0.144. The number of ether oxygens (including phenoxy) is 1. The summed E-state index contributed by atoms with van der Waals surface area (Å²) < 4.78 is 79.4. The van der Waals surface area contributed by atoms with E-state index in [-0.39, 0.29) is 59.4 Å². The highest BCUT2D eigenvalue weighted by Gasteiger charge is 2.42. The van der Waals surface area contributed by atoms with E-state index in [1.165, 1.54) is 12.3 Å². The Morgan fingerprint density at radius 1 is 1.02 bits per heavy atom. The van der Waals surface area contributed by atoms with Crippen LogP contribution in [0.4, 0.5) is 26.7 Å². The minimum Gasteiger partial charge on any atom is -0.373 e. The molecule has 6 heterocycles. The van der Waals surface area contributed by atoms with Gasteiger partial charge >= 0.3 is 12.2 Å². The van der Waals surface area contributed by atoms with Crippen LogP contribution in [0.5, 0.6) is 0 Å². The number of rotatable bonds is 2. The van der Waals surface area contributed by atoms with Crippen molar-refractivity contribution in [3.63, 3.8) is 0 Å². The van der Waals surface area contributed by atoms with Gasteiger partial charge in [0.25, 0.3) is 17.7 Å². The fourth-order valence-electron chi connectivity index (χ4n) is 6.15. The van der Waals surface area contributed by atoms with Crippen molar-refractivity contribution in [2.45, 2.75) is 25.2 Å². The molecule has 15 heteroatoms. The first kappa shape index (κ1) is 28.0. The van der Waals surface area contributed by atoms with E-state index >= 15 is 0 Å². The molecule has 0 atom stereocenters. The molecule has 44 heavy (non-hydrogen) atoms. The molecule has 4 aromatic rings. The van der Waals surface area contributed by atoms with Crippen LogP contribution in [0.1, 0.15) is 22.5 Å². The normalized spacial score (nSPS) is 19.1. The van der Waals surface area contributed by atoms with Gasteiger partial charge in [0.2, 0.25) is 0 Å². The third kappa shape index (κ3) is 4.49. The summed E-state index contributed by atoms with van der Waals surface area (Å²) in [4.78, 5) is 46.0. The number of urea groups is 1. The van der Waals surface area contributed by atoms with Crippen molar-refractivity contribution >= 4 is 45.5 Å². The summed E-state index contributed by atoms with van der Waals surface area (Å²) in [5.74, 6) is -4.80. The molecule has 7 rings (SSSR count). The maximum absolute atomic E-state index is 14.5. The zero-order valence-corrected chi connectivity index (χ0v) is 22.8. The molecule has 1 N–H and O–H groups in total. The summed E-state index contributed by atoms with van der Waals surface area (Å²) in [7, 11) is 0. The van der Waals surface area contributed by atoms with Crippen LogP contribution in [0.25, 0.3) is 27.7 Å². The highest BCUT2D eigenvalue weighted by atomic mass is 19.4. The smallest absolute Gasteiger partial charge is 0.373 e. The molecule has 0 bridgehead atoms. The summed E-state index contributed by atoms with van der Waals surface area (Å²) in [6.07, 6.45) is -1.69. The van der Waals surface area contributed by atoms with Crippen LogP contribution in [-0.4, -0.2) is 80.4 Å². The van der Waals surface area contributed by atoms with Crippen molar-refractivity contribution in [3.05, 3.63) is 71.3 Å². The number of fused-ring (bicyclic) bond motifs is 1. The lowest BCUT2D eigenvalue weighted by Crippen LogP contribution is -2.48. The van der Waals surface area contributed by atoms with Crippen molar-refractivity contribution in [1.82, 2.24) is 29.1 Å². The molecule has 3 aliphatic heterocycles. The standard InChI is InChI=1S/C29H23F5N6O4/c30-28(31)13-37(9-10-44-14-28)27(43)38-8-6-16-4-5-17(18-11-20(29(32,33)34)40(15-38)24(16)18)22-23(26(42)36-25(22)41)19-12-35-21-3-1-2-7-39(19)21/h1-5,7,11-12H,6,8-10,13-15H2,(H,36,41,42). The predicted octanol–water partition coefficient (Wildman–Crippen LogP) is 3.78. The van der Waals surface area contributed by atoms with Gasteiger partial charge < -0.3 is 19.1 Å². The maximum atomic E-state index is 14.5. The SMILES string of the molecule is O=C1NC(=O)C(c2cnc3ccccn23)=C1c1ccc2c3c1cc(C(F)(F)F)n3CN(C(=O)N1CCOCC(F)(F)C1)CC2. The zero-order chi connectivity index (χ0) is 31.0. The van der Waals surface area contributed by atoms with Gasteiger partial charge in [0.1, 0.15) is 17.9 Å². The monoisotopic (exact) mass is 614 g/mol. The van der Waals surface area contributed by atoms with E-state index in [0.29, 0.717) is 11.2 Å². The Bertz CT molecular complexity index is 1910. The van der Waals surface area contributed by atoms with Crippen LogP contribution in [0.15, 0.2) is 48.8 Å². The third-order valence-electron chi connectivity index (χ3n) is 8.05. The van der Waals surface area contributed by atoms with Gasteiger partial charge in [0, 0.05) is 24.7 Å². The minimum absolute atomic E-state index is 0.0378. The Balaban J connectivity index is 1.38. The van der Waals surface area contributed by atoms with Crippen LogP contribution in [0.3, 0.4) is 0 Å². The van der Waals surface area contributed by atoms with E-state index < -0.39 is 55.5 Å². The average molecular weight is 615 g/mol. The number of nitrogens with one attached hydrogen (secondary N) is 1. The summed E-state index contributed by atoms with van der Waals surface area (Å²) >= 11 is 0. The number of aromatic nitrogens is 3. The molecule has 3 aromatic heterocycles. The first-order valence-corrected chi connectivity index (χ1v) is 13.7. The quantitative estimate of drug-likeness (QED) is 0.274. The van der Waals surface area contributed by atoms with Gasteiger partial charge in [0.15, 0.2) is 0 Å². The van der Waals surface area contributed by atoms with E-state index in [1.807, 2.05) is 0 Å². The van der Waals surface area contributed by atoms with Crippen molar-refractivity contribution in [2.75, 3.05) is 32.8 Å². The van der Waals surface area contributed by atoms with Gasteiger partial charge in [-0.2, -0.15) is 13.2 Å². The maximum Gasteiger partial charge on any atom is 0.431 e. The number of carbonyl (C=O) groups excluding carboxylic acids is 3. The lowest BCUT2D eigenvalue weighted by Gasteiger charge is -2.30. The van der Waals surface area contributed by atoms with E-state index in [4.69, 9.17) is 4.74 Å². The molecule has 1 saturated heterocycles. The number of halogens is 5. The van der Waals surface area contributed by atoms with Crippen LogP contribution in [-0.2, 0) is 33.6 Å². The summed E-state index contributed by atoms with van der Waals surface area (Å²) in [6.45, 7) is -2.66. The second-order valence-corrected chi connectivity index (χ2v) is 10.9. The average Bonchev–Trinajstić information content (AvgIpc) is 3.55. The van der Waals surface area contributed by atoms with E-state index in [0.717, 1.165) is 20.4 Å². The van der Waals surface area contributed by atoms with Crippen LogP contribution in [0.2, 0.25) is 0 Å². The molecule has 3 aliphatic rings. The van der Waals surface area contributed by atoms with Crippen LogP contribution >= 0.6 is 0 Å². The van der Waals surface area contributed by atoms with Gasteiger partial charge in [0.05, 0.1) is 48.4 Å². The van der Waals surface area contributed by atoms with Gasteiger partial charge in [-0.05, 0) is 35.7 Å². The number of nitrogens with zero attached hydrogens (tertiary/aromatic N) is 5. The third-order valence-corrected chi connectivity index (χ3v) is 8.05. The highest BCUT2D eigenvalue weighted by Crippen LogP contribution is 2.42. The summed E-state index contributed by atoms with van der Waals surface area (Å²) in [5.41, 5.74) is 0.228. The first-order chi connectivity index (χ1) is 20.9. The fourth-order valence-corrected chi connectivity index (χ4v) is 6.15. The number of alkyl halides is 5. The van der Waals surface area contributed by atoms with E-state index in [9.17, 15) is 36.3 Å². The Morgan fingerprint density at radius 3 is 2.61 bits per heavy atom. The topological polar surface area (TPSA) is 101 Å². The minimum atomic E-state index is -4.87. The Morgan fingerprint density at radius 2 is 1.82 bits per heavy atom. The zero-order valence-electron chi connectivity index (χ0n) is 22.8. The lowest BCUT2D eigenvalue weighted by atomic mass is 9.94. The number of amides is 4. The molecular weight excluding hydrogens is 591 g/mol. The second-order valence-electron chi connectivity index (χ2n) is 10.9. The molecule has 0 spiro atoms. The van der Waals surface area contributed by atoms with Gasteiger partial charge in [-0.3, -0.25) is 19.3 Å². The number of benzene rings is 1. The molecular formula is C29H23F5N6O4. The highest BCUT2D eigenvalue weighted by molar-refractivity contribution is 6.49. The van der Waals surface area contributed by atoms with Crippen molar-refractivity contribution < 1.29 is 41.1 Å². The number of pyridine rings is 1. The van der Waals surface area contributed by atoms with E-state index in [2.05, 4.69) is 10.3 Å². The molecule has 1 fully saturated rings. The number of imide groups is 1. The van der Waals surface area contributed by atoms with Gasteiger partial charge in [-0.15, -0.1) is 0 Å². The number of carbonyl (C=O) groups is 3. The van der Waals surface area contributed by atoms with Crippen molar-refractivity contribution in [2.24, 2.45) is 0 Å². The molecule has 0 saturated carbocycles. The fraction of sp³-hybridized carbons (Fsp3) is 0.310. The predicted molar refractivity (Wildman–Crippen MR) is 145 cm³/mol.